The summed E-state index contributed by atoms with van der Waals surface area (Å²) in [6.45, 7) is 0.967. The van der Waals surface area contributed by atoms with Crippen LogP contribution in [0.25, 0.3) is 0 Å². The van der Waals surface area contributed by atoms with Gasteiger partial charge in [-0.1, -0.05) is 6.07 Å². The highest BCUT2D eigenvalue weighted by Gasteiger charge is 2.22. The summed E-state index contributed by atoms with van der Waals surface area (Å²) in [5.41, 5.74) is 0.677. The van der Waals surface area contributed by atoms with E-state index in [0.29, 0.717) is 12.4 Å². The first-order valence-corrected chi connectivity index (χ1v) is 12.0. The molecule has 2 aromatic rings. The Morgan fingerprint density at radius 2 is 2.00 bits per heavy atom. The van der Waals surface area contributed by atoms with Gasteiger partial charge in [-0.05, 0) is 58.0 Å². The molecular weight excluding hydrogens is 434 g/mol. The zero-order valence-corrected chi connectivity index (χ0v) is 19.1. The Morgan fingerprint density at radius 3 is 2.69 bits per heavy atom. The van der Waals surface area contributed by atoms with Crippen molar-refractivity contribution in [1.82, 2.24) is 14.6 Å². The van der Waals surface area contributed by atoms with Crippen molar-refractivity contribution < 1.29 is 18.1 Å². The maximum atomic E-state index is 12.5. The van der Waals surface area contributed by atoms with Gasteiger partial charge in [0.1, 0.15) is 11.8 Å². The zero-order valence-electron chi connectivity index (χ0n) is 18.3. The van der Waals surface area contributed by atoms with Crippen LogP contribution in [-0.4, -0.2) is 56.5 Å². The number of hydrogen-bond donors (Lipinski definition) is 2. The molecule has 11 heteroatoms. The molecule has 1 aliphatic rings. The van der Waals surface area contributed by atoms with Gasteiger partial charge in [-0.25, -0.2) is 18.1 Å². The van der Waals surface area contributed by atoms with E-state index >= 15 is 0 Å². The van der Waals surface area contributed by atoms with Crippen molar-refractivity contribution in [2.75, 3.05) is 32.5 Å². The molecule has 1 aromatic carbocycles. The maximum Gasteiger partial charge on any atom is 0.293 e. The number of nitrogens with zero attached hydrogens (tertiary/aromatic N) is 3. The molecule has 0 radical (unpaired) electrons. The quantitative estimate of drug-likeness (QED) is 0.385. The summed E-state index contributed by atoms with van der Waals surface area (Å²) in [6.07, 6.45) is 6.05. The summed E-state index contributed by atoms with van der Waals surface area (Å²) < 4.78 is 33.5. The number of ether oxygens (including phenoxy) is 1. The third kappa shape index (κ3) is 6.38. The molecule has 2 N–H and O–H groups in total. The number of pyridine rings is 1. The van der Waals surface area contributed by atoms with E-state index in [1.54, 1.807) is 12.3 Å². The monoisotopic (exact) mass is 463 g/mol. The summed E-state index contributed by atoms with van der Waals surface area (Å²) in [7, 11) is -0.204. The molecule has 1 saturated carbocycles. The molecular formula is C21H29N5O5S. The average Bonchev–Trinajstić information content (AvgIpc) is 3.25. The van der Waals surface area contributed by atoms with Gasteiger partial charge in [0.25, 0.3) is 5.69 Å². The number of hydrogen-bond acceptors (Lipinski definition) is 8. The Kier molecular flexibility index (Phi) is 7.99. The summed E-state index contributed by atoms with van der Waals surface area (Å²) >= 11 is 0. The number of rotatable bonds is 11. The average molecular weight is 464 g/mol. The van der Waals surface area contributed by atoms with Crippen LogP contribution in [0.5, 0.6) is 5.88 Å². The van der Waals surface area contributed by atoms with Gasteiger partial charge in [-0.2, -0.15) is 0 Å². The Labute approximate surface area is 188 Å². The van der Waals surface area contributed by atoms with Crippen LogP contribution < -0.4 is 14.8 Å². The van der Waals surface area contributed by atoms with Crippen molar-refractivity contribution in [2.45, 2.75) is 43.2 Å². The van der Waals surface area contributed by atoms with E-state index in [0.717, 1.165) is 37.3 Å². The summed E-state index contributed by atoms with van der Waals surface area (Å²) in [5, 5.41) is 14.6. The van der Waals surface area contributed by atoms with Crippen molar-refractivity contribution in [3.05, 3.63) is 52.2 Å². The molecule has 0 amide bonds. The molecule has 1 fully saturated rings. The Balaban J connectivity index is 1.74. The molecule has 1 aromatic heterocycles. The van der Waals surface area contributed by atoms with Crippen LogP contribution in [0.3, 0.4) is 0 Å². The normalized spacial score (nSPS) is 14.6. The fourth-order valence-electron chi connectivity index (χ4n) is 3.49. The Hall–Kier alpha value is -2.76. The number of benzene rings is 1. The van der Waals surface area contributed by atoms with E-state index < -0.39 is 14.9 Å². The first-order chi connectivity index (χ1) is 15.3. The fourth-order valence-corrected chi connectivity index (χ4v) is 4.53. The van der Waals surface area contributed by atoms with Crippen LogP contribution in [0.1, 0.15) is 31.2 Å². The topological polar surface area (TPSA) is 127 Å². The van der Waals surface area contributed by atoms with E-state index in [-0.39, 0.29) is 35.5 Å². The van der Waals surface area contributed by atoms with Gasteiger partial charge in [0.15, 0.2) is 0 Å². The zero-order chi connectivity index (χ0) is 23.1. The minimum atomic E-state index is -3.85. The molecule has 0 atom stereocenters. The highest BCUT2D eigenvalue weighted by atomic mass is 32.2. The largest absolute Gasteiger partial charge is 0.474 e. The third-order valence-electron chi connectivity index (χ3n) is 5.23. The van der Waals surface area contributed by atoms with E-state index in [2.05, 4.69) is 15.0 Å². The molecule has 1 aliphatic carbocycles. The molecule has 0 spiro atoms. The number of aromatic nitrogens is 1. The van der Waals surface area contributed by atoms with Crippen LogP contribution >= 0.6 is 0 Å². The SMILES string of the molecule is CN(C)CCNS(=O)(=O)c1ccc(NCc2cccnc2OC2CCCC2)c([N+](=O)[O-])c1. The highest BCUT2D eigenvalue weighted by molar-refractivity contribution is 7.89. The lowest BCUT2D eigenvalue weighted by Gasteiger charge is -2.16. The first-order valence-electron chi connectivity index (χ1n) is 10.5. The fraction of sp³-hybridized carbons (Fsp3) is 0.476. The summed E-state index contributed by atoms with van der Waals surface area (Å²) in [6, 6.07) is 7.46. The van der Waals surface area contributed by atoms with E-state index in [1.807, 2.05) is 25.1 Å². The molecule has 32 heavy (non-hydrogen) atoms. The second kappa shape index (κ2) is 10.7. The number of nitro benzene ring substituents is 1. The predicted molar refractivity (Wildman–Crippen MR) is 121 cm³/mol. The van der Waals surface area contributed by atoms with Crippen molar-refractivity contribution in [3.63, 3.8) is 0 Å². The number of anilines is 1. The van der Waals surface area contributed by atoms with Crippen molar-refractivity contribution in [2.24, 2.45) is 0 Å². The molecule has 3 rings (SSSR count). The van der Waals surface area contributed by atoms with Crippen molar-refractivity contribution in [1.29, 1.82) is 0 Å². The van der Waals surface area contributed by atoms with Crippen LogP contribution in [0, 0.1) is 10.1 Å². The summed E-state index contributed by atoms with van der Waals surface area (Å²) in [5.74, 6) is 0.513. The lowest BCUT2D eigenvalue weighted by Crippen LogP contribution is -2.31. The molecule has 0 unspecified atom stereocenters. The molecule has 174 valence electrons. The third-order valence-corrected chi connectivity index (χ3v) is 6.69. The second-order valence-electron chi connectivity index (χ2n) is 7.98. The Bertz CT molecular complexity index is 1040. The van der Waals surface area contributed by atoms with Gasteiger partial charge in [0.05, 0.1) is 9.82 Å². The van der Waals surface area contributed by atoms with Crippen LogP contribution in [0.2, 0.25) is 0 Å². The molecule has 0 bridgehead atoms. The second-order valence-corrected chi connectivity index (χ2v) is 9.75. The standard InChI is InChI=1S/C21H29N5O5S/c1-25(2)13-12-24-32(29,30)18-9-10-19(20(14-18)26(27)28)23-15-16-6-5-11-22-21(16)31-17-7-3-4-8-17/h5-6,9-11,14,17,23-24H,3-4,7-8,12-13,15H2,1-2H3. The summed E-state index contributed by atoms with van der Waals surface area (Å²) in [4.78, 5) is 17.0. The molecule has 0 aliphatic heterocycles. The van der Waals surface area contributed by atoms with Gasteiger partial charge >= 0.3 is 0 Å². The number of nitro groups is 1. The van der Waals surface area contributed by atoms with Crippen molar-refractivity contribution >= 4 is 21.4 Å². The van der Waals surface area contributed by atoms with Gasteiger partial charge < -0.3 is 15.0 Å². The minimum absolute atomic E-state index is 0.141. The minimum Gasteiger partial charge on any atom is -0.474 e. The van der Waals surface area contributed by atoms with Gasteiger partial charge in [-0.15, -0.1) is 0 Å². The van der Waals surface area contributed by atoms with E-state index in [1.165, 1.54) is 12.1 Å². The van der Waals surface area contributed by atoms with E-state index in [4.69, 9.17) is 4.74 Å². The van der Waals surface area contributed by atoms with Gasteiger partial charge in [-0.3, -0.25) is 10.1 Å². The molecule has 1 heterocycles. The maximum absolute atomic E-state index is 12.5. The number of nitrogens with one attached hydrogen (secondary N) is 2. The van der Waals surface area contributed by atoms with E-state index in [9.17, 15) is 18.5 Å². The molecule has 10 nitrogen and oxygen atoms in total. The number of sulfonamides is 1. The molecule has 0 saturated heterocycles. The lowest BCUT2D eigenvalue weighted by molar-refractivity contribution is -0.384. The highest BCUT2D eigenvalue weighted by Crippen LogP contribution is 2.29. The smallest absolute Gasteiger partial charge is 0.293 e. The van der Waals surface area contributed by atoms with Crippen LogP contribution in [0.15, 0.2) is 41.4 Å². The van der Waals surface area contributed by atoms with Gasteiger partial charge in [0.2, 0.25) is 15.9 Å². The number of likely N-dealkylation sites (N-methyl/N-ethyl adjacent to an activating group) is 1. The lowest BCUT2D eigenvalue weighted by atomic mass is 10.2. The van der Waals surface area contributed by atoms with Crippen molar-refractivity contribution in [3.8, 4) is 5.88 Å². The van der Waals surface area contributed by atoms with Gasteiger partial charge in [0, 0.05) is 37.5 Å². The predicted octanol–water partition coefficient (Wildman–Crippen LogP) is 2.76. The Morgan fingerprint density at radius 1 is 1.25 bits per heavy atom. The van der Waals surface area contributed by atoms with Crippen LogP contribution in [0.4, 0.5) is 11.4 Å². The first kappa shape index (κ1) is 23.9. The van der Waals surface area contributed by atoms with Crippen LogP contribution in [-0.2, 0) is 16.6 Å².